The normalized spacial score (nSPS) is 15.4. The second kappa shape index (κ2) is 38.3. The lowest BCUT2D eigenvalue weighted by Crippen LogP contribution is -2.50. The number of imide groups is 2. The maximum Gasteiger partial charge on any atom is 0.408 e. The van der Waals surface area contributed by atoms with E-state index in [1.54, 1.807) is 18.9 Å². The first-order valence-electron chi connectivity index (χ1n) is 31.5. The van der Waals surface area contributed by atoms with Crippen LogP contribution in [0.2, 0.25) is 0 Å². The number of alkyl carbamates (subject to hydrolysis) is 1. The van der Waals surface area contributed by atoms with Crippen LogP contribution in [0.5, 0.6) is 0 Å². The smallest absolute Gasteiger partial charge is 0.408 e. The van der Waals surface area contributed by atoms with Gasteiger partial charge < -0.3 is 50.4 Å². The highest BCUT2D eigenvalue weighted by Crippen LogP contribution is 2.33. The van der Waals surface area contributed by atoms with Crippen molar-refractivity contribution in [3.63, 3.8) is 0 Å². The number of rotatable bonds is 43. The minimum Gasteiger partial charge on any atom is -0.465 e. The number of ketones is 1. The van der Waals surface area contributed by atoms with Gasteiger partial charge in [-0.15, -0.1) is 11.3 Å². The van der Waals surface area contributed by atoms with E-state index in [2.05, 4.69) is 21.3 Å². The van der Waals surface area contributed by atoms with Crippen molar-refractivity contribution in [1.29, 1.82) is 0 Å². The first-order valence-corrected chi connectivity index (χ1v) is 32.4. The molecule has 3 unspecified atom stereocenters. The Hall–Kier alpha value is -7.75. The summed E-state index contributed by atoms with van der Waals surface area (Å²) >= 11 is 1.06. The maximum atomic E-state index is 14.8. The van der Waals surface area contributed by atoms with Gasteiger partial charge in [0.15, 0.2) is 11.9 Å². The van der Waals surface area contributed by atoms with E-state index in [1.165, 1.54) is 10.3 Å². The van der Waals surface area contributed by atoms with Crippen LogP contribution in [0.3, 0.4) is 0 Å². The maximum absolute atomic E-state index is 14.8. The van der Waals surface area contributed by atoms with Crippen LogP contribution in [0.4, 0.5) is 4.79 Å². The fourth-order valence-corrected chi connectivity index (χ4v) is 11.2. The highest BCUT2D eigenvalue weighted by atomic mass is 32.1. The molecule has 0 fully saturated rings. The molecular formula is C65H96N10O16S. The fraction of sp³-hybridized carbons (Fsp3) is 0.615. The number of unbranched alkanes of at least 4 members (excludes halogenated alkanes) is 1. The lowest BCUT2D eigenvalue weighted by Gasteiger charge is -2.38. The Morgan fingerprint density at radius 1 is 0.793 bits per heavy atom. The molecule has 92 heavy (non-hydrogen) atoms. The van der Waals surface area contributed by atoms with Crippen molar-refractivity contribution in [2.24, 2.45) is 17.8 Å². The molecule has 2 aliphatic heterocycles. The molecule has 5 N–H and O–H groups in total. The molecular weight excluding hydrogens is 1210 g/mol. The van der Waals surface area contributed by atoms with Gasteiger partial charge in [-0.05, 0) is 91.3 Å². The van der Waals surface area contributed by atoms with E-state index < -0.39 is 89.2 Å². The summed E-state index contributed by atoms with van der Waals surface area (Å²) in [5.41, 5.74) is 1.14. The average Bonchev–Trinajstić information content (AvgIpc) is 2.83. The Balaban J connectivity index is 1.53. The zero-order valence-electron chi connectivity index (χ0n) is 55.2. The third-order valence-corrected chi connectivity index (χ3v) is 17.7. The van der Waals surface area contributed by atoms with Gasteiger partial charge in [0.1, 0.15) is 22.8 Å². The van der Waals surface area contributed by atoms with Crippen molar-refractivity contribution in [3.8, 4) is 0 Å². The second-order valence-corrected chi connectivity index (χ2v) is 25.3. The number of nitrogens with one attached hydrogen (secondary N) is 4. The standard InChI is InChI=1S/C65H96N10O16S/c1-12-44(5)48(38-53(78)65(7,8)71(9)10)63(87)72(11)51(42(2)3)39-52(62-69-50(40-92-62)61(86)68-47(36-45(6)90-41-77)37-46-21-19-43(4)20-22-46)91-64(88)70-49(60(85)67-28-34-89-35-33-76)16-13-14-27-66-54(79)17-15-18-55(80)73(29-31-74-56(81)23-24-57(74)82)30-32-75-58(83)25-26-59(75)84/h19-26,40-42,44-45,47-49,51-52,76H,12-18,27-39H2,1-11H3,(H,66,79)(H,67,85)(H,68,86)(H,70,88)/t44?,45?,47-,48+,49?,51-,52-/m1/s1. The number of Topliss-reactive ketones (excluding diaryl/α,β-unsaturated/α-hetero) is 1. The number of benzene rings is 1. The van der Waals surface area contributed by atoms with Gasteiger partial charge in [-0.1, -0.05) is 63.9 Å². The average molecular weight is 1310 g/mol. The van der Waals surface area contributed by atoms with Crippen molar-refractivity contribution in [3.05, 3.63) is 75.8 Å². The topological polar surface area (TPSA) is 330 Å². The molecule has 10 amide bonds. The summed E-state index contributed by atoms with van der Waals surface area (Å²) in [5.74, 6) is -5.56. The number of carbonyl (C=O) groups excluding carboxylic acids is 12. The van der Waals surface area contributed by atoms with Gasteiger partial charge in [-0.25, -0.2) is 9.78 Å². The Bertz CT molecular complexity index is 2830. The third-order valence-electron chi connectivity index (χ3n) is 16.8. The highest BCUT2D eigenvalue weighted by Gasteiger charge is 2.40. The van der Waals surface area contributed by atoms with Crippen LogP contribution in [-0.2, 0) is 68.6 Å². The number of nitrogens with zero attached hydrogens (tertiary/aromatic N) is 6. The van der Waals surface area contributed by atoms with Crippen LogP contribution in [-0.4, -0.2) is 216 Å². The number of aryl methyl sites for hydroxylation is 1. The molecule has 1 aromatic carbocycles. The molecule has 3 heterocycles. The van der Waals surface area contributed by atoms with E-state index in [4.69, 9.17) is 19.2 Å². The molecule has 2 aliphatic rings. The van der Waals surface area contributed by atoms with Gasteiger partial charge in [0.05, 0.1) is 25.4 Å². The van der Waals surface area contributed by atoms with Crippen LogP contribution in [0.15, 0.2) is 53.9 Å². The zero-order valence-corrected chi connectivity index (χ0v) is 56.0. The number of hydrogen-bond donors (Lipinski definition) is 5. The lowest BCUT2D eigenvalue weighted by molar-refractivity contribution is -0.143. The largest absolute Gasteiger partial charge is 0.465 e. The minimum atomic E-state index is -1.21. The Morgan fingerprint density at radius 3 is 1.98 bits per heavy atom. The fourth-order valence-electron chi connectivity index (χ4n) is 10.4. The molecule has 0 saturated heterocycles. The monoisotopic (exact) mass is 1300 g/mol. The third kappa shape index (κ3) is 24.4. The molecule has 4 rings (SSSR count). The number of ether oxygens (including phenoxy) is 3. The van der Waals surface area contributed by atoms with Crippen molar-refractivity contribution < 1.29 is 76.9 Å². The molecule has 7 atom stereocenters. The van der Waals surface area contributed by atoms with E-state index in [-0.39, 0.29) is 144 Å². The predicted molar refractivity (Wildman–Crippen MR) is 342 cm³/mol. The number of aliphatic hydroxyl groups is 1. The molecule has 0 radical (unpaired) electrons. The van der Waals surface area contributed by atoms with Gasteiger partial charge in [0.2, 0.25) is 23.6 Å². The number of aromatic nitrogens is 1. The van der Waals surface area contributed by atoms with Crippen molar-refractivity contribution in [1.82, 2.24) is 50.8 Å². The molecule has 26 nitrogen and oxygen atoms in total. The molecule has 2 aromatic rings. The summed E-state index contributed by atoms with van der Waals surface area (Å²) < 4.78 is 16.8. The number of carbonyl (C=O) groups is 12. The van der Waals surface area contributed by atoms with Crippen molar-refractivity contribution >= 4 is 82.9 Å². The van der Waals surface area contributed by atoms with Crippen LogP contribution in [0.25, 0.3) is 0 Å². The van der Waals surface area contributed by atoms with Gasteiger partial charge in [0.25, 0.3) is 36.0 Å². The van der Waals surface area contributed by atoms with Crippen LogP contribution in [0, 0.1) is 24.7 Å². The van der Waals surface area contributed by atoms with Gasteiger partial charge >= 0.3 is 6.09 Å². The Morgan fingerprint density at radius 2 is 1.41 bits per heavy atom. The number of likely N-dealkylation sites (N-methyl/N-ethyl adjacent to an activating group) is 1. The van der Waals surface area contributed by atoms with E-state index >= 15 is 0 Å². The molecule has 1 aromatic heterocycles. The van der Waals surface area contributed by atoms with Gasteiger partial charge in [0, 0.05) is 126 Å². The summed E-state index contributed by atoms with van der Waals surface area (Å²) in [5, 5.41) is 22.3. The van der Waals surface area contributed by atoms with E-state index in [1.807, 2.05) is 91.7 Å². The van der Waals surface area contributed by atoms with Crippen molar-refractivity contribution in [2.45, 2.75) is 162 Å². The second-order valence-electron chi connectivity index (χ2n) is 24.4. The highest BCUT2D eigenvalue weighted by molar-refractivity contribution is 7.09. The molecule has 27 heteroatoms. The summed E-state index contributed by atoms with van der Waals surface area (Å²) in [6.45, 7) is 15.1. The van der Waals surface area contributed by atoms with E-state index in [0.29, 0.717) is 32.2 Å². The van der Waals surface area contributed by atoms with Crippen LogP contribution < -0.4 is 21.3 Å². The first kappa shape index (κ1) is 76.7. The van der Waals surface area contributed by atoms with Gasteiger partial charge in [-0.3, -0.25) is 67.4 Å². The number of amides is 10. The number of hydrogen-bond acceptors (Lipinski definition) is 19. The van der Waals surface area contributed by atoms with Crippen LogP contribution >= 0.6 is 11.3 Å². The first-order chi connectivity index (χ1) is 43.6. The Labute approximate surface area is 543 Å². The number of aliphatic hydroxyl groups excluding tert-OH is 1. The lowest BCUT2D eigenvalue weighted by atomic mass is 9.81. The van der Waals surface area contributed by atoms with Crippen molar-refractivity contribution in [2.75, 3.05) is 80.2 Å². The minimum absolute atomic E-state index is 0.00981. The summed E-state index contributed by atoms with van der Waals surface area (Å²) in [7, 11) is 5.28. The molecule has 0 saturated carbocycles. The molecule has 0 bridgehead atoms. The molecule has 0 aliphatic carbocycles. The predicted octanol–water partition coefficient (Wildman–Crippen LogP) is 3.98. The summed E-state index contributed by atoms with van der Waals surface area (Å²) in [6.07, 6.45) is 3.66. The zero-order chi connectivity index (χ0) is 68.2. The SMILES string of the molecule is CCC(C)[C@H](CC(=O)C(C)(C)N(C)C)C(=O)N(C)[C@H](C[C@@H](OC(=O)NC(CCCCNC(=O)CCCC(=O)N(CCN1C(=O)C=CC1=O)CCN1C(=O)C=CC1=O)C(=O)NCCOCCO)c1nc(C(=O)N[C@@H](Cc2ccc(C)cc2)CC(C)OC=O)cs1)C(C)C. The van der Waals surface area contributed by atoms with E-state index in [9.17, 15) is 62.6 Å². The van der Waals surface area contributed by atoms with Gasteiger partial charge in [-0.2, -0.15) is 0 Å². The summed E-state index contributed by atoms with van der Waals surface area (Å²) in [4.78, 5) is 169. The summed E-state index contributed by atoms with van der Waals surface area (Å²) in [6, 6.07) is 5.50. The van der Waals surface area contributed by atoms with Crippen LogP contribution in [0.1, 0.15) is 145 Å². The molecule has 508 valence electrons. The van der Waals surface area contributed by atoms with E-state index in [0.717, 1.165) is 56.6 Å². The quantitative estimate of drug-likeness (QED) is 0.0356. The number of thiazole rings is 1. The molecule has 0 spiro atoms. The Kier molecular flexibility index (Phi) is 31.9.